The third kappa shape index (κ3) is 3.70. The van der Waals surface area contributed by atoms with Gasteiger partial charge in [0.15, 0.2) is 0 Å². The van der Waals surface area contributed by atoms with Crippen LogP contribution < -0.4 is 5.32 Å². The molecule has 106 valence electrons. The molecule has 1 atom stereocenters. The highest BCUT2D eigenvalue weighted by Crippen LogP contribution is 2.19. The number of carbonyl (C=O) groups excluding carboxylic acids is 1. The molecule has 6 nitrogen and oxygen atoms in total. The van der Waals surface area contributed by atoms with Crippen LogP contribution in [0, 0.1) is 6.92 Å². The fourth-order valence-electron chi connectivity index (χ4n) is 1.99. The molecular formula is C13H21N3O3. The number of aryl methyl sites for hydroxylation is 1. The minimum Gasteiger partial charge on any atom is -0.444 e. The number of nitrogens with one attached hydrogen (secondary N) is 1. The van der Waals surface area contributed by atoms with Gasteiger partial charge in [0.05, 0.1) is 6.04 Å². The molecule has 2 rings (SSSR count). The molecule has 0 radical (unpaired) electrons. The number of aromatic nitrogens is 1. The Bertz CT molecular complexity index is 450. The monoisotopic (exact) mass is 267 g/mol. The molecule has 1 unspecified atom stereocenters. The normalized spacial score (nSPS) is 20.4. The predicted octanol–water partition coefficient (Wildman–Crippen LogP) is 1.86. The van der Waals surface area contributed by atoms with Gasteiger partial charge in [-0.3, -0.25) is 0 Å². The lowest BCUT2D eigenvalue weighted by atomic mass is 10.1. The van der Waals surface area contributed by atoms with Gasteiger partial charge in [0.1, 0.15) is 17.1 Å². The smallest absolute Gasteiger partial charge is 0.410 e. The van der Waals surface area contributed by atoms with Crippen LogP contribution in [0.3, 0.4) is 0 Å². The highest BCUT2D eigenvalue weighted by molar-refractivity contribution is 5.68. The zero-order chi connectivity index (χ0) is 14.0. The number of carbonyl (C=O) groups is 1. The quantitative estimate of drug-likeness (QED) is 0.841. The van der Waals surface area contributed by atoms with Crippen molar-refractivity contribution in [1.82, 2.24) is 15.4 Å². The molecule has 0 spiro atoms. The molecule has 1 aliphatic heterocycles. The van der Waals surface area contributed by atoms with Gasteiger partial charge in [0, 0.05) is 25.7 Å². The van der Waals surface area contributed by atoms with Gasteiger partial charge in [-0.05, 0) is 27.7 Å². The maximum absolute atomic E-state index is 12.0. The molecule has 1 fully saturated rings. The topological polar surface area (TPSA) is 67.6 Å². The van der Waals surface area contributed by atoms with Crippen molar-refractivity contribution < 1.29 is 14.1 Å². The van der Waals surface area contributed by atoms with Crippen LogP contribution >= 0.6 is 0 Å². The summed E-state index contributed by atoms with van der Waals surface area (Å²) in [4.78, 5) is 13.7. The van der Waals surface area contributed by atoms with Crippen LogP contribution in [0.4, 0.5) is 4.79 Å². The number of amides is 1. The second kappa shape index (κ2) is 5.21. The van der Waals surface area contributed by atoms with Crippen molar-refractivity contribution in [3.05, 3.63) is 17.5 Å². The lowest BCUT2D eigenvalue weighted by Gasteiger charge is -2.34. The Hall–Kier alpha value is -1.56. The first-order valence-corrected chi connectivity index (χ1v) is 6.50. The number of rotatable bonds is 1. The van der Waals surface area contributed by atoms with E-state index < -0.39 is 5.60 Å². The van der Waals surface area contributed by atoms with Gasteiger partial charge in [-0.25, -0.2) is 4.79 Å². The average Bonchev–Trinajstić information content (AvgIpc) is 2.74. The summed E-state index contributed by atoms with van der Waals surface area (Å²) in [6.45, 7) is 9.35. The molecular weight excluding hydrogens is 246 g/mol. The van der Waals surface area contributed by atoms with E-state index in [1.807, 2.05) is 33.8 Å². The third-order valence-corrected chi connectivity index (χ3v) is 2.83. The zero-order valence-corrected chi connectivity index (χ0v) is 11.9. The van der Waals surface area contributed by atoms with Crippen LogP contribution in [0.2, 0.25) is 0 Å². The lowest BCUT2D eigenvalue weighted by molar-refractivity contribution is 0.0192. The van der Waals surface area contributed by atoms with Crippen LogP contribution in [-0.2, 0) is 4.74 Å². The Labute approximate surface area is 113 Å². The lowest BCUT2D eigenvalue weighted by Crippen LogP contribution is -2.49. The van der Waals surface area contributed by atoms with Crippen molar-refractivity contribution in [3.63, 3.8) is 0 Å². The molecule has 0 aromatic carbocycles. The highest BCUT2D eigenvalue weighted by Gasteiger charge is 2.29. The number of ether oxygens (including phenoxy) is 1. The Morgan fingerprint density at radius 2 is 2.32 bits per heavy atom. The highest BCUT2D eigenvalue weighted by atomic mass is 16.6. The van der Waals surface area contributed by atoms with Gasteiger partial charge in [0.25, 0.3) is 0 Å². The average molecular weight is 267 g/mol. The molecule has 1 amide bonds. The first kappa shape index (κ1) is 13.9. The fraction of sp³-hybridized carbons (Fsp3) is 0.692. The van der Waals surface area contributed by atoms with E-state index in [9.17, 15) is 4.79 Å². The third-order valence-electron chi connectivity index (χ3n) is 2.83. The minimum absolute atomic E-state index is 0.00119. The van der Waals surface area contributed by atoms with Crippen LogP contribution in [0.25, 0.3) is 0 Å². The predicted molar refractivity (Wildman–Crippen MR) is 69.8 cm³/mol. The van der Waals surface area contributed by atoms with E-state index >= 15 is 0 Å². The largest absolute Gasteiger partial charge is 0.444 e. The molecule has 19 heavy (non-hydrogen) atoms. The van der Waals surface area contributed by atoms with Gasteiger partial charge in [-0.2, -0.15) is 0 Å². The first-order chi connectivity index (χ1) is 8.85. The number of nitrogens with zero attached hydrogens (tertiary/aromatic N) is 2. The SMILES string of the molecule is Cc1cc(C2CN(C(=O)OC(C)(C)C)CCN2)no1. The van der Waals surface area contributed by atoms with Gasteiger partial charge < -0.3 is 19.5 Å². The van der Waals surface area contributed by atoms with Crippen molar-refractivity contribution in [2.24, 2.45) is 0 Å². The maximum Gasteiger partial charge on any atom is 0.410 e. The van der Waals surface area contributed by atoms with Crippen molar-refractivity contribution in [1.29, 1.82) is 0 Å². The van der Waals surface area contributed by atoms with Gasteiger partial charge >= 0.3 is 6.09 Å². The summed E-state index contributed by atoms with van der Waals surface area (Å²) in [7, 11) is 0. The molecule has 1 N–H and O–H groups in total. The molecule has 0 aliphatic carbocycles. The van der Waals surface area contributed by atoms with E-state index in [1.54, 1.807) is 4.90 Å². The van der Waals surface area contributed by atoms with Crippen molar-refractivity contribution >= 4 is 6.09 Å². The van der Waals surface area contributed by atoms with Crippen molar-refractivity contribution in [2.75, 3.05) is 19.6 Å². The van der Waals surface area contributed by atoms with Gasteiger partial charge in [-0.1, -0.05) is 5.16 Å². The summed E-state index contributed by atoms with van der Waals surface area (Å²) in [6, 6.07) is 1.88. The Morgan fingerprint density at radius 3 is 2.89 bits per heavy atom. The number of hydrogen-bond donors (Lipinski definition) is 1. The van der Waals surface area contributed by atoms with E-state index in [2.05, 4.69) is 10.5 Å². The molecule has 1 saturated heterocycles. The zero-order valence-electron chi connectivity index (χ0n) is 11.9. The number of piperazine rings is 1. The second-order valence-electron chi connectivity index (χ2n) is 5.80. The summed E-state index contributed by atoms with van der Waals surface area (Å²) >= 11 is 0. The molecule has 2 heterocycles. The molecule has 1 aromatic rings. The molecule has 0 bridgehead atoms. The Morgan fingerprint density at radius 1 is 1.58 bits per heavy atom. The molecule has 1 aliphatic rings. The maximum atomic E-state index is 12.0. The summed E-state index contributed by atoms with van der Waals surface area (Å²) in [5.41, 5.74) is 0.354. The standard InChI is InChI=1S/C13H21N3O3/c1-9-7-10(15-19-9)11-8-16(6-5-14-11)12(17)18-13(2,3)4/h7,11,14H,5-6,8H2,1-4H3. The van der Waals surface area contributed by atoms with Gasteiger partial charge in [-0.15, -0.1) is 0 Å². The van der Waals surface area contributed by atoms with Crippen LogP contribution in [0.5, 0.6) is 0 Å². The second-order valence-corrected chi connectivity index (χ2v) is 5.80. The van der Waals surface area contributed by atoms with Crippen LogP contribution in [0.1, 0.15) is 38.3 Å². The fourth-order valence-corrected chi connectivity index (χ4v) is 1.99. The Balaban J connectivity index is 1.99. The summed E-state index contributed by atoms with van der Waals surface area (Å²) in [6.07, 6.45) is -0.279. The van der Waals surface area contributed by atoms with Gasteiger partial charge in [0.2, 0.25) is 0 Å². The van der Waals surface area contributed by atoms with E-state index in [0.717, 1.165) is 18.0 Å². The first-order valence-electron chi connectivity index (χ1n) is 6.50. The van der Waals surface area contributed by atoms with E-state index in [0.29, 0.717) is 13.1 Å². The van der Waals surface area contributed by atoms with Crippen molar-refractivity contribution in [2.45, 2.75) is 39.3 Å². The Kier molecular flexibility index (Phi) is 3.80. The molecule has 1 aromatic heterocycles. The van der Waals surface area contributed by atoms with Crippen LogP contribution in [-0.4, -0.2) is 41.4 Å². The van der Waals surface area contributed by atoms with E-state index in [-0.39, 0.29) is 12.1 Å². The molecule has 0 saturated carbocycles. The van der Waals surface area contributed by atoms with E-state index in [1.165, 1.54) is 0 Å². The molecule has 6 heteroatoms. The van der Waals surface area contributed by atoms with E-state index in [4.69, 9.17) is 9.26 Å². The number of hydrogen-bond acceptors (Lipinski definition) is 5. The summed E-state index contributed by atoms with van der Waals surface area (Å²) < 4.78 is 10.5. The summed E-state index contributed by atoms with van der Waals surface area (Å²) in [5, 5.41) is 7.32. The van der Waals surface area contributed by atoms with Crippen LogP contribution in [0.15, 0.2) is 10.6 Å². The summed E-state index contributed by atoms with van der Waals surface area (Å²) in [5.74, 6) is 0.770. The minimum atomic E-state index is -0.470. The van der Waals surface area contributed by atoms with Crippen molar-refractivity contribution in [3.8, 4) is 0 Å².